The number of fused-ring (bicyclic) bond motifs is 1. The number of amides is 2. The van der Waals surface area contributed by atoms with Gasteiger partial charge in [0, 0.05) is 19.3 Å². The van der Waals surface area contributed by atoms with Crippen LogP contribution in [0.2, 0.25) is 0 Å². The Morgan fingerprint density at radius 1 is 1.37 bits per heavy atom. The number of benzene rings is 1. The third-order valence-corrected chi connectivity index (χ3v) is 4.46. The van der Waals surface area contributed by atoms with Gasteiger partial charge in [-0.05, 0) is 39.6 Å². The zero-order chi connectivity index (χ0) is 13.4. The van der Waals surface area contributed by atoms with Crippen molar-refractivity contribution in [2.75, 3.05) is 12.4 Å². The summed E-state index contributed by atoms with van der Waals surface area (Å²) >= 11 is 8.13. The van der Waals surface area contributed by atoms with Crippen LogP contribution in [0.15, 0.2) is 35.0 Å². The molecule has 0 aliphatic carbocycles. The molecule has 3 rings (SSSR count). The first-order valence-electron chi connectivity index (χ1n) is 5.96. The van der Waals surface area contributed by atoms with Gasteiger partial charge in [-0.2, -0.15) is 11.3 Å². The maximum atomic E-state index is 11.6. The second-order valence-corrected chi connectivity index (χ2v) is 5.84. The van der Waals surface area contributed by atoms with Crippen molar-refractivity contribution in [3.05, 3.63) is 51.7 Å². The van der Waals surface area contributed by atoms with Crippen molar-refractivity contribution < 1.29 is 4.79 Å². The molecule has 98 valence electrons. The van der Waals surface area contributed by atoms with E-state index in [9.17, 15) is 4.79 Å². The van der Waals surface area contributed by atoms with E-state index in [1.165, 1.54) is 0 Å². The van der Waals surface area contributed by atoms with Crippen LogP contribution in [0.1, 0.15) is 22.1 Å². The molecule has 0 saturated heterocycles. The summed E-state index contributed by atoms with van der Waals surface area (Å²) in [6, 6.07) is 7.94. The van der Waals surface area contributed by atoms with Crippen LogP contribution in [0.4, 0.5) is 10.5 Å². The van der Waals surface area contributed by atoms with Crippen LogP contribution in [-0.2, 0) is 6.54 Å². The summed E-state index contributed by atoms with van der Waals surface area (Å²) < 4.78 is 0. The lowest BCUT2D eigenvalue weighted by Crippen LogP contribution is -2.35. The number of urea groups is 1. The minimum Gasteiger partial charge on any atom is -0.323 e. The molecule has 5 heteroatoms. The topological polar surface area (TPSA) is 32.3 Å². The Kier molecular flexibility index (Phi) is 3.21. The molecular formula is C14H13ClN2OS. The molecular weight excluding hydrogens is 280 g/mol. The number of carbonyl (C=O) groups excluding carboxylic acids is 1. The Labute approximate surface area is 120 Å². The van der Waals surface area contributed by atoms with E-state index >= 15 is 0 Å². The van der Waals surface area contributed by atoms with Crippen LogP contribution in [-0.4, -0.2) is 18.0 Å². The summed E-state index contributed by atoms with van der Waals surface area (Å²) in [5.41, 5.74) is 4.14. The predicted molar refractivity (Wildman–Crippen MR) is 78.9 cm³/mol. The van der Waals surface area contributed by atoms with Crippen molar-refractivity contribution in [2.24, 2.45) is 0 Å². The predicted octanol–water partition coefficient (Wildman–Crippen LogP) is 4.05. The molecule has 1 N–H and O–H groups in total. The molecule has 2 heterocycles. The number of anilines is 1. The van der Waals surface area contributed by atoms with E-state index in [0.717, 1.165) is 22.4 Å². The average molecular weight is 293 g/mol. The van der Waals surface area contributed by atoms with E-state index in [4.69, 9.17) is 11.6 Å². The van der Waals surface area contributed by atoms with Crippen molar-refractivity contribution in [1.29, 1.82) is 0 Å². The van der Waals surface area contributed by atoms with Gasteiger partial charge in [0.2, 0.25) is 0 Å². The van der Waals surface area contributed by atoms with Crippen molar-refractivity contribution in [3.63, 3.8) is 0 Å². The molecule has 1 aliphatic rings. The quantitative estimate of drug-likeness (QED) is 0.832. The van der Waals surface area contributed by atoms with Gasteiger partial charge in [-0.3, -0.25) is 0 Å². The smallest absolute Gasteiger partial charge is 0.321 e. The van der Waals surface area contributed by atoms with Gasteiger partial charge in [0.1, 0.15) is 0 Å². The summed E-state index contributed by atoms with van der Waals surface area (Å²) in [7, 11) is 1.78. The Balaban J connectivity index is 1.93. The number of thiophene rings is 1. The summed E-state index contributed by atoms with van der Waals surface area (Å²) in [4.78, 5) is 13.2. The molecule has 2 aromatic rings. The highest BCUT2D eigenvalue weighted by Gasteiger charge is 2.21. The van der Waals surface area contributed by atoms with Gasteiger partial charge in [-0.15, -0.1) is 11.6 Å². The van der Waals surface area contributed by atoms with Gasteiger partial charge in [0.05, 0.1) is 5.38 Å². The maximum Gasteiger partial charge on any atom is 0.321 e. The Morgan fingerprint density at radius 3 is 2.95 bits per heavy atom. The molecule has 0 bridgehead atoms. The molecule has 1 atom stereocenters. The first-order valence-corrected chi connectivity index (χ1v) is 7.34. The zero-order valence-corrected chi connectivity index (χ0v) is 12.0. The SMILES string of the molecule is CN1Cc2cc(C(Cl)c3ccsc3)ccc2NC1=O. The fourth-order valence-corrected chi connectivity index (χ4v) is 3.21. The van der Waals surface area contributed by atoms with Crippen LogP contribution in [0.3, 0.4) is 0 Å². The van der Waals surface area contributed by atoms with Crippen LogP contribution in [0, 0.1) is 0 Å². The number of nitrogens with zero attached hydrogens (tertiary/aromatic N) is 1. The summed E-state index contributed by atoms with van der Waals surface area (Å²) in [6.45, 7) is 0.613. The summed E-state index contributed by atoms with van der Waals surface area (Å²) in [5, 5.41) is 6.80. The van der Waals surface area contributed by atoms with Gasteiger partial charge in [-0.25, -0.2) is 4.79 Å². The third-order valence-electron chi connectivity index (χ3n) is 3.25. The van der Waals surface area contributed by atoms with Crippen LogP contribution < -0.4 is 5.32 Å². The minimum absolute atomic E-state index is 0.0690. The average Bonchev–Trinajstić information content (AvgIpc) is 2.93. The van der Waals surface area contributed by atoms with Crippen LogP contribution in [0.25, 0.3) is 0 Å². The number of hydrogen-bond acceptors (Lipinski definition) is 2. The Hall–Kier alpha value is -1.52. The van der Waals surface area contributed by atoms with E-state index in [1.807, 2.05) is 23.6 Å². The molecule has 0 saturated carbocycles. The highest BCUT2D eigenvalue weighted by atomic mass is 35.5. The second kappa shape index (κ2) is 4.87. The van der Waals surface area contributed by atoms with Gasteiger partial charge in [0.15, 0.2) is 0 Å². The van der Waals surface area contributed by atoms with Crippen molar-refractivity contribution in [2.45, 2.75) is 11.9 Å². The summed E-state index contributed by atoms with van der Waals surface area (Å²) in [5.74, 6) is 0. The first kappa shape index (κ1) is 12.5. The number of hydrogen-bond donors (Lipinski definition) is 1. The standard InChI is InChI=1S/C14H13ClN2OS/c1-17-7-11-6-9(2-3-12(11)16-14(17)18)13(15)10-4-5-19-8-10/h2-6,8,13H,7H2,1H3,(H,16,18). The van der Waals surface area contributed by atoms with E-state index < -0.39 is 0 Å². The Bertz CT molecular complexity index is 612. The lowest BCUT2D eigenvalue weighted by Gasteiger charge is -2.26. The number of rotatable bonds is 2. The third kappa shape index (κ3) is 2.33. The van der Waals surface area contributed by atoms with Gasteiger partial charge >= 0.3 is 6.03 Å². The zero-order valence-electron chi connectivity index (χ0n) is 10.4. The first-order chi connectivity index (χ1) is 9.15. The second-order valence-electron chi connectivity index (χ2n) is 4.62. The molecule has 3 nitrogen and oxygen atoms in total. The Morgan fingerprint density at radius 2 is 2.21 bits per heavy atom. The molecule has 1 aromatic carbocycles. The number of halogens is 1. The normalized spacial score (nSPS) is 15.9. The van der Waals surface area contributed by atoms with Crippen molar-refractivity contribution in [3.8, 4) is 0 Å². The molecule has 19 heavy (non-hydrogen) atoms. The monoisotopic (exact) mass is 292 g/mol. The van der Waals surface area contributed by atoms with E-state index in [1.54, 1.807) is 23.3 Å². The van der Waals surface area contributed by atoms with Crippen LogP contribution in [0.5, 0.6) is 0 Å². The fraction of sp³-hybridized carbons (Fsp3) is 0.214. The fourth-order valence-electron chi connectivity index (χ4n) is 2.17. The molecule has 1 aromatic heterocycles. The molecule has 1 unspecified atom stereocenters. The van der Waals surface area contributed by atoms with Crippen molar-refractivity contribution >= 4 is 34.7 Å². The van der Waals surface area contributed by atoms with Crippen LogP contribution >= 0.6 is 22.9 Å². The minimum atomic E-state index is -0.139. The number of carbonyl (C=O) groups is 1. The number of alkyl halides is 1. The molecule has 2 amide bonds. The van der Waals surface area contributed by atoms with Crippen molar-refractivity contribution in [1.82, 2.24) is 4.90 Å². The lowest BCUT2D eigenvalue weighted by atomic mass is 10.0. The lowest BCUT2D eigenvalue weighted by molar-refractivity contribution is 0.218. The largest absolute Gasteiger partial charge is 0.323 e. The molecule has 1 aliphatic heterocycles. The van der Waals surface area contributed by atoms with Gasteiger partial charge in [0.25, 0.3) is 0 Å². The molecule has 0 radical (unpaired) electrons. The summed E-state index contributed by atoms with van der Waals surface area (Å²) in [6.07, 6.45) is 0. The van der Waals surface area contributed by atoms with Gasteiger partial charge < -0.3 is 10.2 Å². The van der Waals surface area contributed by atoms with Gasteiger partial charge in [-0.1, -0.05) is 12.1 Å². The molecule has 0 fully saturated rings. The highest BCUT2D eigenvalue weighted by molar-refractivity contribution is 7.08. The van der Waals surface area contributed by atoms with E-state index in [-0.39, 0.29) is 11.4 Å². The maximum absolute atomic E-state index is 11.6. The number of nitrogens with one attached hydrogen (secondary N) is 1. The van der Waals surface area contributed by atoms with E-state index in [0.29, 0.717) is 6.54 Å². The highest BCUT2D eigenvalue weighted by Crippen LogP contribution is 2.33. The molecule has 0 spiro atoms. The van der Waals surface area contributed by atoms with E-state index in [2.05, 4.69) is 16.8 Å².